The fraction of sp³-hybridized carbons (Fsp3) is 0.263. The zero-order valence-corrected chi connectivity index (χ0v) is 13.1. The Hall–Kier alpha value is -2.42. The maximum atomic E-state index is 4.27. The molecule has 0 aliphatic heterocycles. The summed E-state index contributed by atoms with van der Waals surface area (Å²) in [5.74, 6) is 0.567. The summed E-state index contributed by atoms with van der Waals surface area (Å²) < 4.78 is 1.91. The van der Waals surface area contributed by atoms with Crippen LogP contribution in [0.5, 0.6) is 0 Å². The molecule has 0 N–H and O–H groups in total. The molecule has 0 fully saturated rings. The van der Waals surface area contributed by atoms with Crippen molar-refractivity contribution in [1.82, 2.24) is 15.0 Å². The fourth-order valence-corrected chi connectivity index (χ4v) is 2.50. The Morgan fingerprint density at radius 1 is 0.909 bits per heavy atom. The highest BCUT2D eigenvalue weighted by atomic mass is 15.4. The maximum absolute atomic E-state index is 4.27. The molecule has 22 heavy (non-hydrogen) atoms. The lowest BCUT2D eigenvalue weighted by Crippen LogP contribution is -2.00. The molecule has 3 heteroatoms. The second-order valence-electron chi connectivity index (χ2n) is 5.97. The van der Waals surface area contributed by atoms with Crippen LogP contribution in [0.3, 0.4) is 0 Å². The second kappa shape index (κ2) is 6.56. The van der Waals surface area contributed by atoms with E-state index in [1.807, 2.05) is 16.9 Å². The standard InChI is InChI=1S/C19H21N3/c1-15(2)18-10-8-17(9-11-18)13-22-14-19(20-21-22)12-16-6-4-3-5-7-16/h3-11,14-15H,12-13H2,1-2H3. The molecule has 0 saturated heterocycles. The van der Waals surface area contributed by atoms with E-state index >= 15 is 0 Å². The minimum Gasteiger partial charge on any atom is -0.248 e. The predicted octanol–water partition coefficient (Wildman–Crippen LogP) is 4.04. The number of rotatable bonds is 5. The highest BCUT2D eigenvalue weighted by molar-refractivity contribution is 5.25. The van der Waals surface area contributed by atoms with E-state index < -0.39 is 0 Å². The second-order valence-corrected chi connectivity index (χ2v) is 5.97. The highest BCUT2D eigenvalue weighted by Gasteiger charge is 2.04. The summed E-state index contributed by atoms with van der Waals surface area (Å²) in [4.78, 5) is 0. The lowest BCUT2D eigenvalue weighted by molar-refractivity contribution is 0.649. The third-order valence-electron chi connectivity index (χ3n) is 3.81. The topological polar surface area (TPSA) is 30.7 Å². The third kappa shape index (κ3) is 3.61. The largest absolute Gasteiger partial charge is 0.248 e. The summed E-state index contributed by atoms with van der Waals surface area (Å²) >= 11 is 0. The zero-order chi connectivity index (χ0) is 15.4. The molecule has 0 spiro atoms. The normalized spacial score (nSPS) is 11.0. The molecule has 3 rings (SSSR count). The molecule has 0 saturated carbocycles. The Morgan fingerprint density at radius 2 is 1.64 bits per heavy atom. The van der Waals surface area contributed by atoms with Crippen LogP contribution in [0.1, 0.15) is 42.1 Å². The van der Waals surface area contributed by atoms with Gasteiger partial charge in [0, 0.05) is 12.6 Å². The van der Waals surface area contributed by atoms with Crippen LogP contribution < -0.4 is 0 Å². The van der Waals surface area contributed by atoms with Crippen LogP contribution in [0.2, 0.25) is 0 Å². The lowest BCUT2D eigenvalue weighted by Gasteiger charge is -2.06. The van der Waals surface area contributed by atoms with E-state index in [1.165, 1.54) is 16.7 Å². The van der Waals surface area contributed by atoms with Crippen molar-refractivity contribution in [2.75, 3.05) is 0 Å². The van der Waals surface area contributed by atoms with Crippen molar-refractivity contribution >= 4 is 0 Å². The van der Waals surface area contributed by atoms with E-state index in [-0.39, 0.29) is 0 Å². The van der Waals surface area contributed by atoms with Gasteiger partial charge in [0.25, 0.3) is 0 Å². The molecule has 0 radical (unpaired) electrons. The zero-order valence-electron chi connectivity index (χ0n) is 13.1. The smallest absolute Gasteiger partial charge is 0.0871 e. The van der Waals surface area contributed by atoms with Crippen molar-refractivity contribution in [3.05, 3.63) is 83.2 Å². The molecule has 0 atom stereocenters. The molecule has 0 amide bonds. The molecular weight excluding hydrogens is 270 g/mol. The number of nitrogens with zero attached hydrogens (tertiary/aromatic N) is 3. The molecule has 2 aromatic carbocycles. The van der Waals surface area contributed by atoms with Gasteiger partial charge in [0.1, 0.15) is 0 Å². The van der Waals surface area contributed by atoms with Crippen LogP contribution in [0.15, 0.2) is 60.8 Å². The van der Waals surface area contributed by atoms with Crippen LogP contribution in [0.25, 0.3) is 0 Å². The van der Waals surface area contributed by atoms with Crippen molar-refractivity contribution in [3.63, 3.8) is 0 Å². The minimum atomic E-state index is 0.567. The number of aromatic nitrogens is 3. The first-order valence-electron chi connectivity index (χ1n) is 7.72. The molecule has 0 aliphatic rings. The summed E-state index contributed by atoms with van der Waals surface area (Å²) in [6.45, 7) is 5.19. The Balaban J connectivity index is 1.66. The molecular formula is C19H21N3. The number of hydrogen-bond donors (Lipinski definition) is 0. The van der Waals surface area contributed by atoms with Crippen LogP contribution in [-0.4, -0.2) is 15.0 Å². The van der Waals surface area contributed by atoms with E-state index in [9.17, 15) is 0 Å². The summed E-state index contributed by atoms with van der Waals surface area (Å²) in [5.41, 5.74) is 4.88. The first-order valence-corrected chi connectivity index (χ1v) is 7.72. The van der Waals surface area contributed by atoms with Crippen LogP contribution in [0, 0.1) is 0 Å². The van der Waals surface area contributed by atoms with Gasteiger partial charge in [-0.25, -0.2) is 4.68 Å². The summed E-state index contributed by atoms with van der Waals surface area (Å²) in [6, 6.07) is 19.1. The molecule has 1 aromatic heterocycles. The van der Waals surface area contributed by atoms with E-state index in [0.717, 1.165) is 18.7 Å². The summed E-state index contributed by atoms with van der Waals surface area (Å²) in [5, 5.41) is 8.50. The first kappa shape index (κ1) is 14.5. The third-order valence-corrected chi connectivity index (χ3v) is 3.81. The van der Waals surface area contributed by atoms with Gasteiger partial charge < -0.3 is 0 Å². The lowest BCUT2D eigenvalue weighted by atomic mass is 10.0. The average molecular weight is 291 g/mol. The van der Waals surface area contributed by atoms with E-state index in [1.54, 1.807) is 0 Å². The van der Waals surface area contributed by atoms with Crippen LogP contribution in [0.4, 0.5) is 0 Å². The Labute approximate surface area is 131 Å². The molecule has 0 unspecified atom stereocenters. The van der Waals surface area contributed by atoms with E-state index in [0.29, 0.717) is 5.92 Å². The monoisotopic (exact) mass is 291 g/mol. The van der Waals surface area contributed by atoms with Crippen molar-refractivity contribution < 1.29 is 0 Å². The predicted molar refractivity (Wildman–Crippen MR) is 88.9 cm³/mol. The maximum Gasteiger partial charge on any atom is 0.0871 e. The molecule has 0 aliphatic carbocycles. The van der Waals surface area contributed by atoms with Crippen molar-refractivity contribution in [3.8, 4) is 0 Å². The molecule has 0 bridgehead atoms. The highest BCUT2D eigenvalue weighted by Crippen LogP contribution is 2.15. The first-order chi connectivity index (χ1) is 10.7. The summed E-state index contributed by atoms with van der Waals surface area (Å²) in [6.07, 6.45) is 2.86. The number of benzene rings is 2. The summed E-state index contributed by atoms with van der Waals surface area (Å²) in [7, 11) is 0. The molecule has 3 aromatic rings. The van der Waals surface area contributed by atoms with Crippen LogP contribution in [-0.2, 0) is 13.0 Å². The van der Waals surface area contributed by atoms with Gasteiger partial charge >= 0.3 is 0 Å². The van der Waals surface area contributed by atoms with Crippen molar-refractivity contribution in [2.24, 2.45) is 0 Å². The van der Waals surface area contributed by atoms with E-state index in [2.05, 4.69) is 72.7 Å². The Bertz CT molecular complexity index is 712. The Kier molecular flexibility index (Phi) is 4.33. The van der Waals surface area contributed by atoms with Gasteiger partial charge in [-0.15, -0.1) is 5.10 Å². The van der Waals surface area contributed by atoms with Crippen LogP contribution >= 0.6 is 0 Å². The van der Waals surface area contributed by atoms with Gasteiger partial charge in [-0.1, -0.05) is 73.7 Å². The SMILES string of the molecule is CC(C)c1ccc(Cn2cc(Cc3ccccc3)nn2)cc1. The Morgan fingerprint density at radius 3 is 2.32 bits per heavy atom. The fourth-order valence-electron chi connectivity index (χ4n) is 2.50. The molecule has 1 heterocycles. The minimum absolute atomic E-state index is 0.567. The quantitative estimate of drug-likeness (QED) is 0.710. The molecule has 3 nitrogen and oxygen atoms in total. The van der Waals surface area contributed by atoms with Gasteiger partial charge in [-0.3, -0.25) is 0 Å². The molecule has 112 valence electrons. The van der Waals surface area contributed by atoms with Gasteiger partial charge in [0.05, 0.1) is 12.2 Å². The van der Waals surface area contributed by atoms with Crippen molar-refractivity contribution in [2.45, 2.75) is 32.7 Å². The van der Waals surface area contributed by atoms with Gasteiger partial charge in [-0.2, -0.15) is 0 Å². The number of hydrogen-bond acceptors (Lipinski definition) is 2. The van der Waals surface area contributed by atoms with Gasteiger partial charge in [-0.05, 0) is 22.6 Å². The average Bonchev–Trinajstić information content (AvgIpc) is 2.96. The van der Waals surface area contributed by atoms with E-state index in [4.69, 9.17) is 0 Å². The van der Waals surface area contributed by atoms with Gasteiger partial charge in [0.15, 0.2) is 0 Å². The van der Waals surface area contributed by atoms with Gasteiger partial charge in [0.2, 0.25) is 0 Å². The van der Waals surface area contributed by atoms with Crippen molar-refractivity contribution in [1.29, 1.82) is 0 Å².